The van der Waals surface area contributed by atoms with E-state index in [-0.39, 0.29) is 12.8 Å². The number of alkyl halides is 12. The highest BCUT2D eigenvalue weighted by molar-refractivity contribution is 14.1. The average molecular weight is 464 g/mol. The number of halogens is 12. The summed E-state index contributed by atoms with van der Waals surface area (Å²) in [6.07, 6.45) is -7.89. The third kappa shape index (κ3) is 2.66. The molecule has 1 rings (SSSR count). The summed E-state index contributed by atoms with van der Waals surface area (Å²) < 4.78 is 140. The zero-order valence-corrected chi connectivity index (χ0v) is 12.5. The van der Waals surface area contributed by atoms with E-state index in [1.165, 1.54) is 22.6 Å². The van der Waals surface area contributed by atoms with Gasteiger partial charge in [0, 0.05) is 9.84 Å². The second-order valence-corrected chi connectivity index (χ2v) is 6.50. The van der Waals surface area contributed by atoms with Crippen molar-refractivity contribution in [1.29, 1.82) is 0 Å². The van der Waals surface area contributed by atoms with E-state index in [0.29, 0.717) is 0 Å². The molecule has 1 fully saturated rings. The molecule has 0 radical (unpaired) electrons. The molecule has 0 aliphatic heterocycles. The van der Waals surface area contributed by atoms with Crippen LogP contribution in [0.15, 0.2) is 0 Å². The second-order valence-electron chi connectivity index (χ2n) is 4.90. The molecule has 0 saturated heterocycles. The molecule has 1 aliphatic carbocycles. The molecule has 132 valence electrons. The Kier molecular flexibility index (Phi) is 5.00. The highest BCUT2D eigenvalue weighted by Gasteiger charge is 2.88. The van der Waals surface area contributed by atoms with Crippen molar-refractivity contribution in [2.75, 3.05) is 0 Å². The summed E-state index contributed by atoms with van der Waals surface area (Å²) in [5, 5.41) is 0. The van der Waals surface area contributed by atoms with Crippen molar-refractivity contribution in [2.24, 2.45) is 5.92 Å². The highest BCUT2D eigenvalue weighted by Crippen LogP contribution is 2.60. The van der Waals surface area contributed by atoms with Crippen LogP contribution in [-0.4, -0.2) is 33.8 Å². The van der Waals surface area contributed by atoms with Gasteiger partial charge in [0.05, 0.1) is 0 Å². The van der Waals surface area contributed by atoms with Gasteiger partial charge >= 0.3 is 29.9 Å². The maximum atomic E-state index is 13.6. The largest absolute Gasteiger partial charge is 0.460 e. The third-order valence-electron chi connectivity index (χ3n) is 3.46. The molecule has 0 bridgehead atoms. The first-order valence-corrected chi connectivity index (χ1v) is 6.98. The predicted octanol–water partition coefficient (Wildman–Crippen LogP) is 5.69. The van der Waals surface area contributed by atoms with Crippen molar-refractivity contribution in [3.63, 3.8) is 0 Å². The van der Waals surface area contributed by atoms with Crippen LogP contribution in [0.25, 0.3) is 0 Å². The van der Waals surface area contributed by atoms with E-state index in [9.17, 15) is 48.3 Å². The Bertz CT molecular complexity index is 414. The van der Waals surface area contributed by atoms with E-state index in [0.717, 1.165) is 0 Å². The van der Waals surface area contributed by atoms with Crippen LogP contribution in [0.2, 0.25) is 0 Å². The summed E-state index contributed by atoms with van der Waals surface area (Å²) >= 11 is 1.26. The van der Waals surface area contributed by atoms with Crippen LogP contribution in [0.4, 0.5) is 48.3 Å². The Morgan fingerprint density at radius 3 is 1.41 bits per heavy atom. The lowest BCUT2D eigenvalue weighted by molar-refractivity contribution is -0.426. The van der Waals surface area contributed by atoms with Crippen LogP contribution in [0, 0.1) is 5.92 Å². The van der Waals surface area contributed by atoms with Crippen molar-refractivity contribution in [1.82, 2.24) is 0 Å². The Hall–Kier alpha value is -0.0400. The van der Waals surface area contributed by atoms with Gasteiger partial charge in [-0.2, -0.15) is 48.3 Å². The van der Waals surface area contributed by atoms with Gasteiger partial charge in [0.1, 0.15) is 0 Å². The molecular formula is C10H8F11I. The van der Waals surface area contributed by atoms with E-state index in [4.69, 9.17) is 0 Å². The molecule has 12 heteroatoms. The zero-order valence-electron chi connectivity index (χ0n) is 10.3. The normalized spacial score (nSPS) is 25.6. The topological polar surface area (TPSA) is 0 Å². The van der Waals surface area contributed by atoms with Gasteiger partial charge in [0.2, 0.25) is 0 Å². The molecule has 0 heterocycles. The van der Waals surface area contributed by atoms with Gasteiger partial charge in [-0.3, -0.25) is 0 Å². The van der Waals surface area contributed by atoms with Crippen LogP contribution in [-0.2, 0) is 0 Å². The fraction of sp³-hybridized carbons (Fsp3) is 1.00. The molecule has 2 atom stereocenters. The molecule has 0 aromatic carbocycles. The predicted molar refractivity (Wildman–Crippen MR) is 61.0 cm³/mol. The Labute approximate surface area is 130 Å². The minimum atomic E-state index is -7.30. The highest BCUT2D eigenvalue weighted by atomic mass is 127. The molecule has 0 N–H and O–H groups in total. The van der Waals surface area contributed by atoms with Gasteiger partial charge in [-0.1, -0.05) is 29.0 Å². The quantitative estimate of drug-likeness (QED) is 0.285. The zero-order chi connectivity index (χ0) is 17.8. The van der Waals surface area contributed by atoms with Crippen molar-refractivity contribution in [3.8, 4) is 0 Å². The van der Waals surface area contributed by atoms with E-state index in [1.54, 1.807) is 0 Å². The lowest BCUT2D eigenvalue weighted by Gasteiger charge is -2.40. The molecule has 0 aromatic rings. The first kappa shape index (κ1) is 20.0. The summed E-state index contributed by atoms with van der Waals surface area (Å²) in [4.78, 5) is 0. The monoisotopic (exact) mass is 464 g/mol. The van der Waals surface area contributed by atoms with E-state index in [2.05, 4.69) is 0 Å². The maximum absolute atomic E-state index is 13.6. The van der Waals surface area contributed by atoms with E-state index < -0.39 is 46.1 Å². The van der Waals surface area contributed by atoms with Gasteiger partial charge in [0.15, 0.2) is 0 Å². The Morgan fingerprint density at radius 2 is 1.09 bits per heavy atom. The van der Waals surface area contributed by atoms with Gasteiger partial charge in [-0.05, 0) is 12.8 Å². The summed E-state index contributed by atoms with van der Waals surface area (Å²) in [6, 6.07) is 0. The number of hydrogen-bond donors (Lipinski definition) is 0. The van der Waals surface area contributed by atoms with E-state index in [1.807, 2.05) is 0 Å². The molecule has 0 amide bonds. The van der Waals surface area contributed by atoms with Crippen LogP contribution >= 0.6 is 22.6 Å². The molecule has 0 aromatic heterocycles. The third-order valence-corrected chi connectivity index (χ3v) is 4.95. The van der Waals surface area contributed by atoms with Crippen molar-refractivity contribution < 1.29 is 48.3 Å². The lowest BCUT2D eigenvalue weighted by Crippen LogP contribution is -2.68. The fourth-order valence-electron chi connectivity index (χ4n) is 2.14. The first-order valence-electron chi connectivity index (χ1n) is 5.74. The summed E-state index contributed by atoms with van der Waals surface area (Å²) in [7, 11) is 0. The molecular weight excluding hydrogens is 456 g/mol. The van der Waals surface area contributed by atoms with Gasteiger partial charge in [-0.15, -0.1) is 0 Å². The van der Waals surface area contributed by atoms with Crippen LogP contribution in [0.1, 0.15) is 19.3 Å². The fourth-order valence-corrected chi connectivity index (χ4v) is 3.39. The van der Waals surface area contributed by atoms with Crippen LogP contribution in [0.5, 0.6) is 0 Å². The standard InChI is InChI=1S/C10H8F11I/c11-6(12,4-2-1-3-5(4)22)7(13,14)8(15,16)9(17,18)10(19,20)21/h4-5H,1-3H2. The number of hydrogen-bond acceptors (Lipinski definition) is 0. The molecule has 22 heavy (non-hydrogen) atoms. The minimum absolute atomic E-state index is 0.0504. The SMILES string of the molecule is FC(F)(F)C(F)(F)C(F)(F)C(F)(F)C(F)(F)C1CCCC1I. The van der Waals surface area contributed by atoms with Gasteiger partial charge in [-0.25, -0.2) is 0 Å². The van der Waals surface area contributed by atoms with Crippen molar-refractivity contribution in [2.45, 2.75) is 53.1 Å². The molecule has 1 aliphatic rings. The Balaban J connectivity index is 3.31. The van der Waals surface area contributed by atoms with Crippen LogP contribution < -0.4 is 0 Å². The molecule has 1 saturated carbocycles. The van der Waals surface area contributed by atoms with Crippen molar-refractivity contribution >= 4 is 22.6 Å². The summed E-state index contributed by atoms with van der Waals surface area (Å²) in [6.45, 7) is 0. The Morgan fingerprint density at radius 1 is 0.636 bits per heavy atom. The molecule has 0 spiro atoms. The summed E-state index contributed by atoms with van der Waals surface area (Å²) in [5.74, 6) is -29.6. The second kappa shape index (κ2) is 5.50. The smallest absolute Gasteiger partial charge is 0.199 e. The van der Waals surface area contributed by atoms with Gasteiger partial charge in [0.25, 0.3) is 0 Å². The van der Waals surface area contributed by atoms with Crippen LogP contribution in [0.3, 0.4) is 0 Å². The first-order chi connectivity index (χ1) is 9.52. The minimum Gasteiger partial charge on any atom is -0.199 e. The number of rotatable bonds is 4. The lowest BCUT2D eigenvalue weighted by atomic mass is 9.88. The molecule has 2 unspecified atom stereocenters. The maximum Gasteiger partial charge on any atom is 0.460 e. The molecule has 0 nitrogen and oxygen atoms in total. The van der Waals surface area contributed by atoms with Crippen molar-refractivity contribution in [3.05, 3.63) is 0 Å². The van der Waals surface area contributed by atoms with Gasteiger partial charge < -0.3 is 0 Å². The summed E-state index contributed by atoms with van der Waals surface area (Å²) in [5.41, 5.74) is 0. The average Bonchev–Trinajstić information content (AvgIpc) is 2.73. The van der Waals surface area contributed by atoms with E-state index >= 15 is 0 Å².